The lowest BCUT2D eigenvalue weighted by atomic mass is 10.0. The number of carbonyl (C=O) groups excluding carboxylic acids is 5. The summed E-state index contributed by atoms with van der Waals surface area (Å²) in [5.74, 6) is -1.80. The molecule has 0 bridgehead atoms. The molecule has 9 nitrogen and oxygen atoms in total. The maximum Gasteiger partial charge on any atom is 0.305 e. The number of carbonyl (C=O) groups is 5. The first-order chi connectivity index (χ1) is 16.1. The van der Waals surface area contributed by atoms with Gasteiger partial charge in [0, 0.05) is 26.8 Å². The van der Waals surface area contributed by atoms with E-state index in [2.05, 4.69) is 20.7 Å². The van der Waals surface area contributed by atoms with Crippen molar-refractivity contribution < 1.29 is 28.7 Å². The topological polar surface area (TPSA) is 131 Å². The van der Waals surface area contributed by atoms with E-state index >= 15 is 0 Å². The van der Waals surface area contributed by atoms with Gasteiger partial charge in [-0.1, -0.05) is 55.9 Å². The van der Waals surface area contributed by atoms with Gasteiger partial charge in [-0.3, -0.25) is 24.0 Å². The van der Waals surface area contributed by atoms with E-state index in [0.29, 0.717) is 6.42 Å². The minimum Gasteiger partial charge on any atom is -0.469 e. The van der Waals surface area contributed by atoms with Crippen LogP contribution >= 0.6 is 11.8 Å². The third-order valence-corrected chi connectivity index (χ3v) is 6.01. The predicted octanol–water partition coefficient (Wildman–Crippen LogP) is 1.59. The van der Waals surface area contributed by atoms with Crippen LogP contribution < -0.4 is 16.0 Å². The summed E-state index contributed by atoms with van der Waals surface area (Å²) in [6.45, 7) is 5.15. The zero-order valence-electron chi connectivity index (χ0n) is 20.4. The molecule has 3 N–H and O–H groups in total. The van der Waals surface area contributed by atoms with Crippen LogP contribution in [0.25, 0.3) is 0 Å². The number of ether oxygens (including phenoxy) is 1. The molecule has 188 valence electrons. The molecule has 0 aliphatic heterocycles. The number of rotatable bonds is 13. The molecule has 0 radical (unpaired) electrons. The highest BCUT2D eigenvalue weighted by molar-refractivity contribution is 8.14. The van der Waals surface area contributed by atoms with Crippen LogP contribution in [-0.4, -0.2) is 60.3 Å². The standard InChI is InChI=1S/C24H35N3O6S/c1-15(2)13-18(27-24(32)20(34-16(3)28)11-12-21(29)33-5)23(31)26-19(22(30)25-4)14-17-9-7-6-8-10-17/h6-10,15,18-20H,11-14H2,1-5H3,(H,25,30)(H,26,31)(H,27,32)/t18-,19-,20?/m0/s1. The Bertz CT molecular complexity index is 846. The average Bonchev–Trinajstić information content (AvgIpc) is 2.79. The highest BCUT2D eigenvalue weighted by Gasteiger charge is 2.30. The van der Waals surface area contributed by atoms with Crippen LogP contribution in [0.3, 0.4) is 0 Å². The van der Waals surface area contributed by atoms with Crippen molar-refractivity contribution in [1.29, 1.82) is 0 Å². The molecule has 3 atom stereocenters. The third kappa shape index (κ3) is 10.8. The van der Waals surface area contributed by atoms with Crippen LogP contribution in [0.15, 0.2) is 30.3 Å². The molecular formula is C24H35N3O6S. The molecule has 1 unspecified atom stereocenters. The monoisotopic (exact) mass is 493 g/mol. The largest absolute Gasteiger partial charge is 0.469 e. The molecule has 0 saturated carbocycles. The lowest BCUT2D eigenvalue weighted by molar-refractivity contribution is -0.140. The summed E-state index contributed by atoms with van der Waals surface area (Å²) in [6.07, 6.45) is 0.674. The van der Waals surface area contributed by atoms with Gasteiger partial charge in [-0.25, -0.2) is 0 Å². The average molecular weight is 494 g/mol. The second-order valence-electron chi connectivity index (χ2n) is 8.27. The maximum absolute atomic E-state index is 13.1. The fourth-order valence-corrected chi connectivity index (χ4v) is 4.08. The van der Waals surface area contributed by atoms with Crippen molar-refractivity contribution in [1.82, 2.24) is 16.0 Å². The Balaban J connectivity index is 2.99. The molecule has 3 amide bonds. The van der Waals surface area contributed by atoms with Crippen LogP contribution in [0.2, 0.25) is 0 Å². The van der Waals surface area contributed by atoms with Crippen LogP contribution in [0, 0.1) is 5.92 Å². The van der Waals surface area contributed by atoms with Crippen molar-refractivity contribution in [2.75, 3.05) is 14.2 Å². The summed E-state index contributed by atoms with van der Waals surface area (Å²) in [5, 5.41) is 6.90. The molecular weight excluding hydrogens is 458 g/mol. The summed E-state index contributed by atoms with van der Waals surface area (Å²) >= 11 is 0.802. The van der Waals surface area contributed by atoms with E-state index < -0.39 is 35.1 Å². The van der Waals surface area contributed by atoms with E-state index in [4.69, 9.17) is 0 Å². The number of nitrogens with one attached hydrogen (secondary N) is 3. The van der Waals surface area contributed by atoms with Crippen LogP contribution in [0.5, 0.6) is 0 Å². The summed E-state index contributed by atoms with van der Waals surface area (Å²) in [4.78, 5) is 61.7. The number of benzene rings is 1. The smallest absolute Gasteiger partial charge is 0.305 e. The van der Waals surface area contributed by atoms with Gasteiger partial charge < -0.3 is 20.7 Å². The zero-order chi connectivity index (χ0) is 25.7. The van der Waals surface area contributed by atoms with Crippen LogP contribution in [0.1, 0.15) is 45.6 Å². The first kappa shape index (κ1) is 29.2. The van der Waals surface area contributed by atoms with Gasteiger partial charge in [-0.2, -0.15) is 0 Å². The summed E-state index contributed by atoms with van der Waals surface area (Å²) < 4.78 is 4.62. The number of hydrogen-bond acceptors (Lipinski definition) is 7. The molecule has 0 aliphatic carbocycles. The summed E-state index contributed by atoms with van der Waals surface area (Å²) in [7, 11) is 2.74. The van der Waals surface area contributed by atoms with E-state index in [1.54, 1.807) is 0 Å². The van der Waals surface area contributed by atoms with E-state index in [9.17, 15) is 24.0 Å². The first-order valence-electron chi connectivity index (χ1n) is 11.2. The number of methoxy groups -OCH3 is 1. The Morgan fingerprint density at radius 2 is 1.56 bits per heavy atom. The number of hydrogen-bond donors (Lipinski definition) is 3. The second-order valence-corrected chi connectivity index (χ2v) is 9.65. The Kier molecular flexibility index (Phi) is 13.0. The molecule has 0 saturated heterocycles. The molecule has 0 aliphatic rings. The quantitative estimate of drug-likeness (QED) is 0.356. The Morgan fingerprint density at radius 1 is 0.941 bits per heavy atom. The van der Waals surface area contributed by atoms with Crippen molar-refractivity contribution >= 4 is 40.6 Å². The lowest BCUT2D eigenvalue weighted by Gasteiger charge is -2.25. The van der Waals surface area contributed by atoms with Gasteiger partial charge in [-0.05, 0) is 24.3 Å². The van der Waals surface area contributed by atoms with Crippen molar-refractivity contribution in [2.24, 2.45) is 5.92 Å². The van der Waals surface area contributed by atoms with Gasteiger partial charge in [0.05, 0.1) is 12.4 Å². The van der Waals surface area contributed by atoms with E-state index in [1.165, 1.54) is 21.1 Å². The van der Waals surface area contributed by atoms with Gasteiger partial charge in [0.25, 0.3) is 0 Å². The number of thioether (sulfide) groups is 1. The van der Waals surface area contributed by atoms with Gasteiger partial charge in [0.1, 0.15) is 12.1 Å². The van der Waals surface area contributed by atoms with Gasteiger partial charge in [0.2, 0.25) is 17.7 Å². The van der Waals surface area contributed by atoms with Crippen molar-refractivity contribution in [3.63, 3.8) is 0 Å². The molecule has 10 heteroatoms. The Hall–Kier alpha value is -2.88. The fraction of sp³-hybridized carbons (Fsp3) is 0.542. The van der Waals surface area contributed by atoms with Crippen molar-refractivity contribution in [3.05, 3.63) is 35.9 Å². The fourth-order valence-electron chi connectivity index (χ4n) is 3.27. The van der Waals surface area contributed by atoms with E-state index in [1.807, 2.05) is 44.2 Å². The molecule has 0 fully saturated rings. The Labute approximate surface area is 205 Å². The maximum atomic E-state index is 13.1. The normalized spacial score (nSPS) is 13.4. The molecule has 0 spiro atoms. The molecule has 0 aromatic heterocycles. The highest BCUT2D eigenvalue weighted by Crippen LogP contribution is 2.19. The van der Waals surface area contributed by atoms with E-state index in [-0.39, 0.29) is 36.2 Å². The van der Waals surface area contributed by atoms with Crippen molar-refractivity contribution in [2.45, 2.75) is 63.8 Å². The predicted molar refractivity (Wildman–Crippen MR) is 131 cm³/mol. The minimum atomic E-state index is -0.913. The molecule has 1 rings (SSSR count). The molecule has 1 aromatic rings. The Morgan fingerprint density at radius 3 is 2.09 bits per heavy atom. The highest BCUT2D eigenvalue weighted by atomic mass is 32.2. The number of likely N-dealkylation sites (N-methyl/N-ethyl adjacent to an activating group) is 1. The molecule has 34 heavy (non-hydrogen) atoms. The number of esters is 1. The van der Waals surface area contributed by atoms with Gasteiger partial charge in [-0.15, -0.1) is 0 Å². The molecule has 0 heterocycles. The lowest BCUT2D eigenvalue weighted by Crippen LogP contribution is -2.55. The first-order valence-corrected chi connectivity index (χ1v) is 12.1. The summed E-state index contributed by atoms with van der Waals surface area (Å²) in [6, 6.07) is 7.54. The van der Waals surface area contributed by atoms with Crippen LogP contribution in [-0.2, 0) is 35.1 Å². The van der Waals surface area contributed by atoms with Crippen LogP contribution in [0.4, 0.5) is 0 Å². The molecule has 1 aromatic carbocycles. The zero-order valence-corrected chi connectivity index (χ0v) is 21.2. The van der Waals surface area contributed by atoms with E-state index in [0.717, 1.165) is 17.3 Å². The SMILES string of the molecule is CNC(=O)[C@H](Cc1ccccc1)NC(=O)[C@H](CC(C)C)NC(=O)C(CCC(=O)OC)SC(C)=O. The van der Waals surface area contributed by atoms with Gasteiger partial charge in [0.15, 0.2) is 5.12 Å². The minimum absolute atomic E-state index is 0.0360. The summed E-state index contributed by atoms with van der Waals surface area (Å²) in [5.41, 5.74) is 0.876. The van der Waals surface area contributed by atoms with Crippen molar-refractivity contribution in [3.8, 4) is 0 Å². The second kappa shape index (κ2) is 15.1. The number of amides is 3. The third-order valence-electron chi connectivity index (χ3n) is 4.94. The van der Waals surface area contributed by atoms with Gasteiger partial charge >= 0.3 is 5.97 Å².